The number of aliphatic hydroxyl groups excluding tert-OH is 1. The summed E-state index contributed by atoms with van der Waals surface area (Å²) < 4.78 is 6.21. The van der Waals surface area contributed by atoms with Gasteiger partial charge in [-0.15, -0.1) is 0 Å². The Morgan fingerprint density at radius 1 is 1.16 bits per heavy atom. The second-order valence-corrected chi connectivity index (χ2v) is 7.84. The van der Waals surface area contributed by atoms with Gasteiger partial charge in [-0.25, -0.2) is 4.79 Å². The molecule has 1 aromatic carbocycles. The smallest absolute Gasteiger partial charge is 0.341 e. The lowest BCUT2D eigenvalue weighted by atomic mass is 10.00. The number of aliphatic hydroxyl groups is 1. The predicted molar refractivity (Wildman–Crippen MR) is 127 cm³/mol. The average molecular weight is 424 g/mol. The Labute approximate surface area is 185 Å². The molecule has 31 heavy (non-hydrogen) atoms. The Balaban J connectivity index is 2.24. The molecule has 0 spiro atoms. The second-order valence-electron chi connectivity index (χ2n) is 7.84. The summed E-state index contributed by atoms with van der Waals surface area (Å²) >= 11 is 0. The van der Waals surface area contributed by atoms with Crippen LogP contribution in [0.15, 0.2) is 70.5 Å². The number of ether oxygens (including phenoxy) is 1. The zero-order chi connectivity index (χ0) is 22.8. The van der Waals surface area contributed by atoms with Crippen LogP contribution in [0.2, 0.25) is 0 Å². The van der Waals surface area contributed by atoms with E-state index in [9.17, 15) is 15.0 Å². The van der Waals surface area contributed by atoms with Crippen LogP contribution < -0.4 is 4.74 Å². The van der Waals surface area contributed by atoms with Crippen LogP contribution in [-0.4, -0.2) is 35.0 Å². The highest BCUT2D eigenvalue weighted by Crippen LogP contribution is 2.31. The van der Waals surface area contributed by atoms with Crippen LogP contribution in [0.4, 0.5) is 0 Å². The average Bonchev–Trinajstić information content (AvgIpc) is 3.24. The standard InChI is InChI=1S/C26H33NO4/c1-5-14-27-17-23(26(29)30)24(28)16-19(3)18(2)15-20(4)22-12-8-9-13-25(22)31-21-10-6-7-11-21/h8-9,12-13,15-17,21,28H,4-7,10-11,14H2,1-3H3,(H,29,30)/b18-15+,19-16+,24-23-,27-17?. The maximum absolute atomic E-state index is 11.4. The highest BCUT2D eigenvalue weighted by molar-refractivity contribution is 6.09. The molecule has 0 aliphatic heterocycles. The van der Waals surface area contributed by atoms with Crippen LogP contribution in [0.1, 0.15) is 58.4 Å². The van der Waals surface area contributed by atoms with E-state index in [1.165, 1.54) is 25.1 Å². The van der Waals surface area contributed by atoms with Crippen molar-refractivity contribution < 1.29 is 19.7 Å². The molecule has 1 aliphatic rings. The quantitative estimate of drug-likeness (QED) is 0.201. The highest BCUT2D eigenvalue weighted by Gasteiger charge is 2.18. The van der Waals surface area contributed by atoms with Gasteiger partial charge in [0.1, 0.15) is 17.1 Å². The first-order valence-electron chi connectivity index (χ1n) is 10.8. The number of hydrogen-bond donors (Lipinski definition) is 2. The summed E-state index contributed by atoms with van der Waals surface area (Å²) in [5.74, 6) is -0.716. The molecule has 1 fully saturated rings. The van der Waals surface area contributed by atoms with E-state index in [-0.39, 0.29) is 17.4 Å². The van der Waals surface area contributed by atoms with Crippen LogP contribution in [0.25, 0.3) is 5.57 Å². The number of hydrogen-bond acceptors (Lipinski definition) is 4. The van der Waals surface area contributed by atoms with Gasteiger partial charge in [-0.1, -0.05) is 37.8 Å². The summed E-state index contributed by atoms with van der Waals surface area (Å²) in [7, 11) is 0. The van der Waals surface area contributed by atoms with Crippen LogP contribution >= 0.6 is 0 Å². The first kappa shape index (κ1) is 24.2. The Bertz CT molecular complexity index is 915. The molecule has 0 bridgehead atoms. The van der Waals surface area contributed by atoms with Gasteiger partial charge in [-0.05, 0) is 74.8 Å². The maximum atomic E-state index is 11.4. The lowest BCUT2D eigenvalue weighted by molar-refractivity contribution is -0.132. The molecule has 5 heteroatoms. The van der Waals surface area contributed by atoms with E-state index >= 15 is 0 Å². The van der Waals surface area contributed by atoms with Crippen molar-refractivity contribution in [2.75, 3.05) is 6.54 Å². The number of allylic oxidation sites excluding steroid dienone is 5. The highest BCUT2D eigenvalue weighted by atomic mass is 16.5. The van der Waals surface area contributed by atoms with E-state index in [4.69, 9.17) is 4.74 Å². The van der Waals surface area contributed by atoms with Crippen LogP contribution in [0.5, 0.6) is 5.75 Å². The number of carboxylic acids is 1. The second kappa shape index (κ2) is 11.9. The number of carbonyl (C=O) groups is 1. The van der Waals surface area contributed by atoms with Gasteiger partial charge in [0, 0.05) is 18.3 Å². The third-order valence-corrected chi connectivity index (χ3v) is 5.27. The molecule has 0 unspecified atom stereocenters. The minimum absolute atomic E-state index is 0.227. The van der Waals surface area contributed by atoms with Gasteiger partial charge in [-0.2, -0.15) is 0 Å². The summed E-state index contributed by atoms with van der Waals surface area (Å²) in [5, 5.41) is 19.7. The Kier molecular flexibility index (Phi) is 9.32. The molecule has 2 rings (SSSR count). The number of aliphatic imine (C=N–C) groups is 1. The maximum Gasteiger partial charge on any atom is 0.341 e. The first-order chi connectivity index (χ1) is 14.8. The summed E-state index contributed by atoms with van der Waals surface area (Å²) in [4.78, 5) is 15.5. The van der Waals surface area contributed by atoms with E-state index < -0.39 is 5.97 Å². The predicted octanol–water partition coefficient (Wildman–Crippen LogP) is 6.29. The van der Waals surface area contributed by atoms with Gasteiger partial charge in [0.05, 0.1) is 6.10 Å². The monoisotopic (exact) mass is 423 g/mol. The van der Waals surface area contributed by atoms with Crippen LogP contribution in [0, 0.1) is 0 Å². The van der Waals surface area contributed by atoms with E-state index in [0.29, 0.717) is 6.54 Å². The minimum Gasteiger partial charge on any atom is -0.507 e. The van der Waals surface area contributed by atoms with E-state index in [1.54, 1.807) is 0 Å². The molecule has 0 heterocycles. The third kappa shape index (κ3) is 7.28. The molecule has 166 valence electrons. The summed E-state index contributed by atoms with van der Waals surface area (Å²) in [6, 6.07) is 7.87. The molecule has 0 amide bonds. The Morgan fingerprint density at radius 2 is 1.81 bits per heavy atom. The molecular formula is C26H33NO4. The van der Waals surface area contributed by atoms with Gasteiger partial charge in [0.15, 0.2) is 0 Å². The fourth-order valence-corrected chi connectivity index (χ4v) is 3.39. The van der Waals surface area contributed by atoms with E-state index in [1.807, 2.05) is 51.1 Å². The number of para-hydroxylation sites is 1. The molecule has 1 aliphatic carbocycles. The van der Waals surface area contributed by atoms with E-state index in [0.717, 1.165) is 47.3 Å². The van der Waals surface area contributed by atoms with Gasteiger partial charge in [-0.3, -0.25) is 4.99 Å². The molecule has 5 nitrogen and oxygen atoms in total. The fourth-order valence-electron chi connectivity index (χ4n) is 3.39. The summed E-state index contributed by atoms with van der Waals surface area (Å²) in [5.41, 5.74) is 3.09. The summed E-state index contributed by atoms with van der Waals surface area (Å²) in [6.45, 7) is 10.4. The Morgan fingerprint density at radius 3 is 2.45 bits per heavy atom. The number of rotatable bonds is 10. The largest absolute Gasteiger partial charge is 0.507 e. The number of carboxylic acid groups (broad SMARTS) is 1. The van der Waals surface area contributed by atoms with Crippen molar-refractivity contribution in [3.05, 3.63) is 71.0 Å². The number of nitrogens with zero attached hydrogens (tertiary/aromatic N) is 1. The molecule has 0 radical (unpaired) electrons. The molecular weight excluding hydrogens is 390 g/mol. The van der Waals surface area contributed by atoms with Crippen molar-refractivity contribution in [2.24, 2.45) is 4.99 Å². The lowest BCUT2D eigenvalue weighted by Crippen LogP contribution is -2.11. The number of aliphatic carboxylic acids is 1. The molecule has 1 saturated carbocycles. The van der Waals surface area contributed by atoms with Crippen molar-refractivity contribution in [2.45, 2.75) is 59.0 Å². The third-order valence-electron chi connectivity index (χ3n) is 5.27. The zero-order valence-electron chi connectivity index (χ0n) is 18.7. The van der Waals surface area contributed by atoms with Crippen molar-refractivity contribution in [3.63, 3.8) is 0 Å². The van der Waals surface area contributed by atoms with Gasteiger partial charge in [0.2, 0.25) is 0 Å². The molecule has 0 aromatic heterocycles. The fraction of sp³-hybridized carbons (Fsp3) is 0.385. The van der Waals surface area contributed by atoms with Gasteiger partial charge in [0.25, 0.3) is 0 Å². The van der Waals surface area contributed by atoms with Gasteiger partial charge >= 0.3 is 5.97 Å². The lowest BCUT2D eigenvalue weighted by Gasteiger charge is -2.17. The van der Waals surface area contributed by atoms with Crippen molar-refractivity contribution in [1.82, 2.24) is 0 Å². The molecule has 0 atom stereocenters. The van der Waals surface area contributed by atoms with Crippen molar-refractivity contribution in [1.29, 1.82) is 0 Å². The van der Waals surface area contributed by atoms with E-state index in [2.05, 4.69) is 11.6 Å². The SMILES string of the molecule is C=C(/C=C(C)/C(C)=C/C(O)=C(\C=NCCC)C(=O)O)c1ccccc1OC1CCCC1. The first-order valence-corrected chi connectivity index (χ1v) is 10.8. The van der Waals surface area contributed by atoms with Crippen molar-refractivity contribution >= 4 is 17.8 Å². The zero-order valence-corrected chi connectivity index (χ0v) is 18.7. The normalized spacial score (nSPS) is 16.5. The molecule has 1 aromatic rings. The topological polar surface area (TPSA) is 79.1 Å². The minimum atomic E-state index is -1.22. The van der Waals surface area contributed by atoms with Crippen LogP contribution in [-0.2, 0) is 4.79 Å². The Hall–Kier alpha value is -3.08. The van der Waals surface area contributed by atoms with Gasteiger partial charge < -0.3 is 14.9 Å². The van der Waals surface area contributed by atoms with Crippen LogP contribution in [0.3, 0.4) is 0 Å². The molecule has 0 saturated heterocycles. The molecule has 2 N–H and O–H groups in total. The van der Waals surface area contributed by atoms with Crippen molar-refractivity contribution in [3.8, 4) is 5.75 Å². The summed E-state index contributed by atoms with van der Waals surface area (Å²) in [6.07, 6.45) is 10.2. The number of benzene rings is 1.